The van der Waals surface area contributed by atoms with Crippen LogP contribution in [-0.2, 0) is 4.79 Å². The van der Waals surface area contributed by atoms with Crippen LogP contribution in [0.2, 0.25) is 0 Å². The van der Waals surface area contributed by atoms with Gasteiger partial charge in [-0.3, -0.25) is 4.79 Å². The van der Waals surface area contributed by atoms with E-state index in [0.29, 0.717) is 12.2 Å². The van der Waals surface area contributed by atoms with Gasteiger partial charge < -0.3 is 0 Å². The van der Waals surface area contributed by atoms with Gasteiger partial charge in [-0.15, -0.1) is 0 Å². The molecular formula is C15H26F2O. The van der Waals surface area contributed by atoms with E-state index in [1.54, 1.807) is 0 Å². The molecule has 0 aliphatic heterocycles. The summed E-state index contributed by atoms with van der Waals surface area (Å²) in [6.07, 6.45) is 3.02. The van der Waals surface area contributed by atoms with Crippen molar-refractivity contribution in [3.05, 3.63) is 0 Å². The number of hydrogen-bond donors (Lipinski definition) is 0. The summed E-state index contributed by atoms with van der Waals surface area (Å²) in [5.41, 5.74) is -0.0559. The van der Waals surface area contributed by atoms with Crippen molar-refractivity contribution in [2.24, 2.45) is 17.3 Å². The molecule has 0 saturated heterocycles. The van der Waals surface area contributed by atoms with Crippen molar-refractivity contribution in [3.63, 3.8) is 0 Å². The number of carbonyl (C=O) groups is 1. The average Bonchev–Trinajstić information content (AvgIpc) is 2.22. The highest BCUT2D eigenvalue weighted by Gasteiger charge is 2.41. The summed E-state index contributed by atoms with van der Waals surface area (Å²) in [7, 11) is 0. The van der Waals surface area contributed by atoms with Gasteiger partial charge >= 0.3 is 0 Å². The molecule has 0 N–H and O–H groups in total. The Morgan fingerprint density at radius 2 is 2.11 bits per heavy atom. The highest BCUT2D eigenvalue weighted by molar-refractivity contribution is 5.82. The molecule has 0 spiro atoms. The first-order chi connectivity index (χ1) is 8.39. The van der Waals surface area contributed by atoms with Gasteiger partial charge in [-0.2, -0.15) is 0 Å². The number of Topliss-reactive ketones (excluding diaryl/α,β-unsaturated/α-hetero) is 1. The zero-order valence-electron chi connectivity index (χ0n) is 11.8. The van der Waals surface area contributed by atoms with E-state index in [2.05, 4.69) is 13.8 Å². The van der Waals surface area contributed by atoms with Gasteiger partial charge in [0, 0.05) is 18.8 Å². The number of rotatable bonds is 6. The Kier molecular flexibility index (Phi) is 5.74. The number of alkyl halides is 2. The van der Waals surface area contributed by atoms with E-state index in [1.807, 2.05) is 6.92 Å². The Labute approximate surface area is 109 Å². The minimum Gasteiger partial charge on any atom is -0.299 e. The van der Waals surface area contributed by atoms with Gasteiger partial charge in [-0.05, 0) is 37.0 Å². The van der Waals surface area contributed by atoms with E-state index in [9.17, 15) is 13.6 Å². The maximum atomic E-state index is 12.4. The Bertz CT molecular complexity index is 278. The molecule has 18 heavy (non-hydrogen) atoms. The number of ketones is 1. The first kappa shape index (κ1) is 15.6. The van der Waals surface area contributed by atoms with E-state index in [0.717, 1.165) is 32.1 Å². The van der Waals surface area contributed by atoms with Crippen LogP contribution in [0.4, 0.5) is 8.78 Å². The molecule has 0 unspecified atom stereocenters. The average molecular weight is 260 g/mol. The molecule has 0 aromatic heterocycles. The summed E-state index contributed by atoms with van der Waals surface area (Å²) < 4.78 is 24.8. The first-order valence-corrected chi connectivity index (χ1v) is 7.20. The number of carbonyl (C=O) groups excluding carboxylic acids is 1. The van der Waals surface area contributed by atoms with E-state index in [1.165, 1.54) is 0 Å². The van der Waals surface area contributed by atoms with Gasteiger partial charge in [0.1, 0.15) is 5.78 Å². The van der Waals surface area contributed by atoms with Crippen molar-refractivity contribution in [1.82, 2.24) is 0 Å². The summed E-state index contributed by atoms with van der Waals surface area (Å²) in [5.74, 6) is 0.450. The molecule has 1 rings (SSSR count). The van der Waals surface area contributed by atoms with Crippen LogP contribution in [0.25, 0.3) is 0 Å². The Balaban J connectivity index is 2.70. The van der Waals surface area contributed by atoms with Crippen molar-refractivity contribution in [2.45, 2.75) is 72.1 Å². The van der Waals surface area contributed by atoms with Gasteiger partial charge in [0.15, 0.2) is 0 Å². The molecule has 1 saturated carbocycles. The zero-order valence-corrected chi connectivity index (χ0v) is 11.8. The molecule has 0 radical (unpaired) electrons. The first-order valence-electron chi connectivity index (χ1n) is 7.20. The molecule has 3 heteroatoms. The smallest absolute Gasteiger partial charge is 0.238 e. The molecule has 0 amide bonds. The van der Waals surface area contributed by atoms with Crippen molar-refractivity contribution in [1.29, 1.82) is 0 Å². The molecule has 1 fully saturated rings. The monoisotopic (exact) mass is 260 g/mol. The van der Waals surface area contributed by atoms with Crippen molar-refractivity contribution in [3.8, 4) is 0 Å². The minimum atomic E-state index is -2.23. The van der Waals surface area contributed by atoms with Crippen LogP contribution in [0.3, 0.4) is 0 Å². The Hall–Kier alpha value is -0.470. The highest BCUT2D eigenvalue weighted by Crippen LogP contribution is 2.46. The van der Waals surface area contributed by atoms with Gasteiger partial charge in [-0.1, -0.05) is 27.2 Å². The van der Waals surface area contributed by atoms with E-state index >= 15 is 0 Å². The fourth-order valence-electron chi connectivity index (χ4n) is 3.63. The van der Waals surface area contributed by atoms with Crippen LogP contribution in [0.15, 0.2) is 0 Å². The van der Waals surface area contributed by atoms with Gasteiger partial charge in [0.2, 0.25) is 6.43 Å². The summed E-state index contributed by atoms with van der Waals surface area (Å²) in [4.78, 5) is 12.1. The summed E-state index contributed by atoms with van der Waals surface area (Å²) in [5, 5.41) is 0. The largest absolute Gasteiger partial charge is 0.299 e. The molecule has 0 bridgehead atoms. The fraction of sp³-hybridized carbons (Fsp3) is 0.933. The van der Waals surface area contributed by atoms with Gasteiger partial charge in [-0.25, -0.2) is 8.78 Å². The standard InChI is InChI=1S/C15H26F2O/c1-4-6-12-13(18)7-5-8-15(12,3)10-11(2)9-14(16)17/h11-12,14H,4-10H2,1-3H3/t11-,12+,15-/m1/s1. The normalized spacial score (nSPS) is 30.8. The zero-order chi connectivity index (χ0) is 13.8. The molecule has 0 heterocycles. The van der Waals surface area contributed by atoms with Gasteiger partial charge in [0.25, 0.3) is 0 Å². The van der Waals surface area contributed by atoms with E-state index in [4.69, 9.17) is 0 Å². The Morgan fingerprint density at radius 1 is 1.44 bits per heavy atom. The SMILES string of the molecule is CCC[C@H]1C(=O)CCC[C@]1(C)C[C@H](C)CC(F)F. The van der Waals surface area contributed by atoms with E-state index in [-0.39, 0.29) is 23.7 Å². The molecule has 3 atom stereocenters. The van der Waals surface area contributed by atoms with E-state index < -0.39 is 6.43 Å². The maximum Gasteiger partial charge on any atom is 0.238 e. The van der Waals surface area contributed by atoms with Crippen LogP contribution in [0.1, 0.15) is 65.7 Å². The molecule has 1 aliphatic rings. The topological polar surface area (TPSA) is 17.1 Å². The van der Waals surface area contributed by atoms with Crippen LogP contribution in [0.5, 0.6) is 0 Å². The lowest BCUT2D eigenvalue weighted by Crippen LogP contribution is -2.38. The quantitative estimate of drug-likeness (QED) is 0.667. The predicted molar refractivity (Wildman–Crippen MR) is 69.8 cm³/mol. The second-order valence-corrected chi connectivity index (χ2v) is 6.25. The maximum absolute atomic E-state index is 12.4. The highest BCUT2D eigenvalue weighted by atomic mass is 19.3. The Morgan fingerprint density at radius 3 is 2.67 bits per heavy atom. The third-order valence-electron chi connectivity index (χ3n) is 4.37. The number of hydrogen-bond acceptors (Lipinski definition) is 1. The molecule has 0 aromatic carbocycles. The second kappa shape index (κ2) is 6.63. The molecule has 0 aromatic rings. The van der Waals surface area contributed by atoms with Crippen LogP contribution >= 0.6 is 0 Å². The fourth-order valence-corrected chi connectivity index (χ4v) is 3.63. The third kappa shape index (κ3) is 4.03. The lowest BCUT2D eigenvalue weighted by Gasteiger charge is -2.42. The minimum absolute atomic E-state index is 0.000237. The van der Waals surface area contributed by atoms with Crippen LogP contribution in [-0.4, -0.2) is 12.2 Å². The van der Waals surface area contributed by atoms with Crippen molar-refractivity contribution >= 4 is 5.78 Å². The molecular weight excluding hydrogens is 234 g/mol. The predicted octanol–water partition coefficient (Wildman–Crippen LogP) is 4.84. The van der Waals surface area contributed by atoms with Crippen LogP contribution < -0.4 is 0 Å². The summed E-state index contributed by atoms with van der Waals surface area (Å²) in [6, 6.07) is 0. The molecule has 1 aliphatic carbocycles. The van der Waals surface area contributed by atoms with Gasteiger partial charge in [0.05, 0.1) is 0 Å². The summed E-state index contributed by atoms with van der Waals surface area (Å²) >= 11 is 0. The lowest BCUT2D eigenvalue weighted by molar-refractivity contribution is -0.131. The van der Waals surface area contributed by atoms with Crippen molar-refractivity contribution < 1.29 is 13.6 Å². The van der Waals surface area contributed by atoms with Crippen molar-refractivity contribution in [2.75, 3.05) is 0 Å². The molecule has 1 nitrogen and oxygen atoms in total. The lowest BCUT2D eigenvalue weighted by atomic mass is 9.62. The number of halogens is 2. The molecule has 106 valence electrons. The summed E-state index contributed by atoms with van der Waals surface area (Å²) in [6.45, 7) is 6.11. The second-order valence-electron chi connectivity index (χ2n) is 6.25. The van der Waals surface area contributed by atoms with Crippen LogP contribution in [0, 0.1) is 17.3 Å². The third-order valence-corrected chi connectivity index (χ3v) is 4.37.